The highest BCUT2D eigenvalue weighted by Gasteiger charge is 2.24. The molecule has 0 atom stereocenters. The lowest BCUT2D eigenvalue weighted by Crippen LogP contribution is -2.30. The van der Waals surface area contributed by atoms with Crippen molar-refractivity contribution in [2.75, 3.05) is 17.6 Å². The van der Waals surface area contributed by atoms with E-state index in [1.807, 2.05) is 55.7 Å². The van der Waals surface area contributed by atoms with Crippen molar-refractivity contribution >= 4 is 34.3 Å². The molecule has 0 saturated heterocycles. The van der Waals surface area contributed by atoms with Crippen LogP contribution in [0.2, 0.25) is 0 Å². The van der Waals surface area contributed by atoms with Crippen molar-refractivity contribution in [2.45, 2.75) is 32.7 Å². The molecule has 30 heavy (non-hydrogen) atoms. The highest BCUT2D eigenvalue weighted by atomic mass is 32.2. The highest BCUT2D eigenvalue weighted by molar-refractivity contribution is 7.99. The first-order chi connectivity index (χ1) is 14.1. The van der Waals surface area contributed by atoms with Gasteiger partial charge in [-0.25, -0.2) is 8.78 Å². The van der Waals surface area contributed by atoms with Gasteiger partial charge in [-0.3, -0.25) is 4.79 Å². The topological polar surface area (TPSA) is 32.3 Å². The maximum Gasteiger partial charge on any atom is 0.270 e. The van der Waals surface area contributed by atoms with E-state index in [0.29, 0.717) is 5.56 Å². The predicted molar refractivity (Wildman–Crippen MR) is 123 cm³/mol. The Kier molecular flexibility index (Phi) is 6.36. The molecule has 1 amide bonds. The van der Waals surface area contributed by atoms with Crippen LogP contribution >= 0.6 is 11.9 Å². The Hall–Kier alpha value is -2.60. The van der Waals surface area contributed by atoms with Gasteiger partial charge in [-0.05, 0) is 48.6 Å². The third-order valence-corrected chi connectivity index (χ3v) is 5.74. The predicted octanol–water partition coefficient (Wildman–Crippen LogP) is 6.47. The quantitative estimate of drug-likeness (QED) is 0.457. The minimum Gasteiger partial charge on any atom is -0.350 e. The average Bonchev–Trinajstić information content (AvgIpc) is 2.71. The second kappa shape index (κ2) is 8.64. The van der Waals surface area contributed by atoms with Crippen LogP contribution in [0.4, 0.5) is 14.5 Å². The van der Waals surface area contributed by atoms with Gasteiger partial charge in [0.05, 0.1) is 5.69 Å². The Balaban J connectivity index is 2.16. The Labute approximate surface area is 180 Å². The van der Waals surface area contributed by atoms with Crippen molar-refractivity contribution in [2.24, 2.45) is 0 Å². The van der Waals surface area contributed by atoms with Gasteiger partial charge in [-0.15, -0.1) is 0 Å². The van der Waals surface area contributed by atoms with Crippen molar-refractivity contribution in [3.05, 3.63) is 65.7 Å². The van der Waals surface area contributed by atoms with Gasteiger partial charge >= 0.3 is 0 Å². The molecule has 0 aliphatic heterocycles. The Morgan fingerprint density at radius 3 is 2.27 bits per heavy atom. The summed E-state index contributed by atoms with van der Waals surface area (Å²) in [6.45, 7) is 4.75. The average molecular weight is 429 g/mol. The lowest BCUT2D eigenvalue weighted by atomic mass is 9.94. The molecule has 3 nitrogen and oxygen atoms in total. The summed E-state index contributed by atoms with van der Waals surface area (Å²) in [5.74, 6) is -2.99. The van der Waals surface area contributed by atoms with Crippen LogP contribution in [0.15, 0.2) is 54.6 Å². The standard InChI is InChI=1S/C24H26F2N2OS/c1-15(2)27-23(29)17-8-11-20-19(12-13-22(21(20)14-17)28(4)30-5)16-6-9-18(10-7-16)24(3,25)26/h6-15H,1-5H3,(H,27,29). The van der Waals surface area contributed by atoms with Crippen molar-refractivity contribution in [3.63, 3.8) is 0 Å². The SMILES string of the molecule is CSN(C)c1ccc(-c2ccc(C(C)(F)F)cc2)c2ccc(C(=O)NC(C)C)cc12. The number of halogens is 2. The molecule has 0 aromatic heterocycles. The van der Waals surface area contributed by atoms with E-state index in [1.54, 1.807) is 30.1 Å². The molecule has 3 rings (SSSR count). The third-order valence-electron chi connectivity index (χ3n) is 4.99. The molecule has 0 bridgehead atoms. The molecule has 0 spiro atoms. The number of anilines is 1. The van der Waals surface area contributed by atoms with E-state index in [-0.39, 0.29) is 17.5 Å². The molecule has 0 heterocycles. The monoisotopic (exact) mass is 428 g/mol. The molecule has 3 aromatic rings. The van der Waals surface area contributed by atoms with Gasteiger partial charge in [0.25, 0.3) is 11.8 Å². The molecule has 0 unspecified atom stereocenters. The van der Waals surface area contributed by atoms with E-state index in [2.05, 4.69) is 5.32 Å². The van der Waals surface area contributed by atoms with E-state index in [4.69, 9.17) is 0 Å². The Morgan fingerprint density at radius 2 is 1.70 bits per heavy atom. The van der Waals surface area contributed by atoms with E-state index < -0.39 is 5.92 Å². The van der Waals surface area contributed by atoms with E-state index >= 15 is 0 Å². The number of carbonyl (C=O) groups is 1. The summed E-state index contributed by atoms with van der Waals surface area (Å²) in [5.41, 5.74) is 3.35. The zero-order valence-electron chi connectivity index (χ0n) is 17.8. The van der Waals surface area contributed by atoms with Gasteiger partial charge in [0, 0.05) is 42.8 Å². The van der Waals surface area contributed by atoms with Crippen molar-refractivity contribution in [1.82, 2.24) is 5.32 Å². The van der Waals surface area contributed by atoms with Gasteiger partial charge in [-0.1, -0.05) is 48.3 Å². The van der Waals surface area contributed by atoms with Gasteiger partial charge in [0.2, 0.25) is 0 Å². The molecule has 0 aliphatic rings. The minimum atomic E-state index is -2.87. The summed E-state index contributed by atoms with van der Waals surface area (Å²) in [5, 5.41) is 4.82. The second-order valence-electron chi connectivity index (χ2n) is 7.67. The van der Waals surface area contributed by atoms with Crippen LogP contribution in [0.3, 0.4) is 0 Å². The molecular formula is C24H26F2N2OS. The zero-order chi connectivity index (χ0) is 22.1. The first kappa shape index (κ1) is 22.1. The fraction of sp³-hybridized carbons (Fsp3) is 0.292. The summed E-state index contributed by atoms with van der Waals surface area (Å²) in [7, 11) is 1.97. The molecule has 6 heteroatoms. The molecular weight excluding hydrogens is 402 g/mol. The first-order valence-electron chi connectivity index (χ1n) is 9.76. The Morgan fingerprint density at radius 1 is 1.03 bits per heavy atom. The van der Waals surface area contributed by atoms with Crippen LogP contribution in [0.5, 0.6) is 0 Å². The van der Waals surface area contributed by atoms with Gasteiger partial charge in [0.1, 0.15) is 0 Å². The maximum absolute atomic E-state index is 13.6. The van der Waals surface area contributed by atoms with E-state index in [1.165, 1.54) is 12.1 Å². The largest absolute Gasteiger partial charge is 0.350 e. The number of rotatable bonds is 6. The smallest absolute Gasteiger partial charge is 0.270 e. The number of hydrogen-bond acceptors (Lipinski definition) is 3. The summed E-state index contributed by atoms with van der Waals surface area (Å²) in [6.07, 6.45) is 1.98. The maximum atomic E-state index is 13.6. The molecule has 3 aromatic carbocycles. The highest BCUT2D eigenvalue weighted by Crippen LogP contribution is 2.37. The van der Waals surface area contributed by atoms with Crippen LogP contribution in [-0.4, -0.2) is 25.3 Å². The lowest BCUT2D eigenvalue weighted by molar-refractivity contribution is 0.0175. The number of alkyl halides is 2. The van der Waals surface area contributed by atoms with Gasteiger partial charge in [-0.2, -0.15) is 0 Å². The number of benzene rings is 3. The first-order valence-corrected chi connectivity index (χ1v) is 10.9. The number of amides is 1. The number of fused-ring (bicyclic) bond motifs is 1. The van der Waals surface area contributed by atoms with Crippen LogP contribution in [0.1, 0.15) is 36.7 Å². The third kappa shape index (κ3) is 4.59. The van der Waals surface area contributed by atoms with Crippen molar-refractivity contribution in [3.8, 4) is 11.1 Å². The molecule has 0 fully saturated rings. The second-order valence-corrected chi connectivity index (χ2v) is 8.58. The van der Waals surface area contributed by atoms with Gasteiger partial charge in [0.15, 0.2) is 0 Å². The number of carbonyl (C=O) groups excluding carboxylic acids is 1. The molecule has 0 aliphatic carbocycles. The van der Waals surface area contributed by atoms with Crippen LogP contribution < -0.4 is 9.62 Å². The van der Waals surface area contributed by atoms with Crippen molar-refractivity contribution < 1.29 is 13.6 Å². The number of nitrogens with one attached hydrogen (secondary N) is 1. The van der Waals surface area contributed by atoms with E-state index in [0.717, 1.165) is 34.5 Å². The zero-order valence-corrected chi connectivity index (χ0v) is 18.6. The summed E-state index contributed by atoms with van der Waals surface area (Å²) < 4.78 is 29.2. The normalized spacial score (nSPS) is 11.7. The van der Waals surface area contributed by atoms with E-state index in [9.17, 15) is 13.6 Å². The Bertz CT molecular complexity index is 1060. The molecule has 1 N–H and O–H groups in total. The number of hydrogen-bond donors (Lipinski definition) is 1. The van der Waals surface area contributed by atoms with Crippen LogP contribution in [-0.2, 0) is 5.92 Å². The number of nitrogens with zero attached hydrogens (tertiary/aromatic N) is 1. The molecule has 158 valence electrons. The van der Waals surface area contributed by atoms with Crippen molar-refractivity contribution in [1.29, 1.82) is 0 Å². The summed E-state index contributed by atoms with van der Waals surface area (Å²) >= 11 is 1.57. The van der Waals surface area contributed by atoms with Gasteiger partial charge < -0.3 is 9.62 Å². The lowest BCUT2D eigenvalue weighted by Gasteiger charge is -2.20. The van der Waals surface area contributed by atoms with Crippen LogP contribution in [0, 0.1) is 0 Å². The minimum absolute atomic E-state index is 0.0121. The molecule has 0 saturated carbocycles. The molecule has 0 radical (unpaired) electrons. The fourth-order valence-electron chi connectivity index (χ4n) is 3.39. The summed E-state index contributed by atoms with van der Waals surface area (Å²) in [6, 6.07) is 16.0. The fourth-order valence-corrected chi connectivity index (χ4v) is 3.74. The summed E-state index contributed by atoms with van der Waals surface area (Å²) in [4.78, 5) is 12.5. The van der Waals surface area contributed by atoms with Crippen LogP contribution in [0.25, 0.3) is 21.9 Å².